The van der Waals surface area contributed by atoms with Crippen LogP contribution in [0.3, 0.4) is 0 Å². The van der Waals surface area contributed by atoms with Gasteiger partial charge in [0.05, 0.1) is 23.7 Å². The second-order valence-corrected chi connectivity index (χ2v) is 8.41. The highest BCUT2D eigenvalue weighted by Crippen LogP contribution is 2.26. The van der Waals surface area contributed by atoms with Crippen molar-refractivity contribution in [2.45, 2.75) is 37.8 Å². The van der Waals surface area contributed by atoms with Gasteiger partial charge >= 0.3 is 0 Å². The fraction of sp³-hybridized carbons (Fsp3) is 0.562. The molecule has 10 heteroatoms. The Bertz CT molecular complexity index is 857. The Morgan fingerprint density at radius 1 is 1.19 bits per heavy atom. The molecule has 3 N–H and O–H groups in total. The van der Waals surface area contributed by atoms with E-state index < -0.39 is 10.0 Å². The van der Waals surface area contributed by atoms with Gasteiger partial charge in [-0.3, -0.25) is 4.68 Å². The molecule has 9 nitrogen and oxygen atoms in total. The van der Waals surface area contributed by atoms with E-state index in [1.807, 2.05) is 20.2 Å². The summed E-state index contributed by atoms with van der Waals surface area (Å²) >= 11 is 0. The molecule has 1 aliphatic rings. The van der Waals surface area contributed by atoms with Crippen LogP contribution in [0.1, 0.15) is 25.7 Å². The zero-order valence-electron chi connectivity index (χ0n) is 15.2. The van der Waals surface area contributed by atoms with E-state index in [2.05, 4.69) is 30.4 Å². The summed E-state index contributed by atoms with van der Waals surface area (Å²) in [5, 5.41) is 10.8. The molecule has 0 aromatic carbocycles. The molecule has 0 spiro atoms. The van der Waals surface area contributed by atoms with Crippen LogP contribution in [0, 0.1) is 0 Å². The summed E-state index contributed by atoms with van der Waals surface area (Å²) in [6.45, 7) is 0. The van der Waals surface area contributed by atoms with Crippen LogP contribution in [-0.4, -0.2) is 53.6 Å². The molecule has 0 radical (unpaired) electrons. The SMILES string of the molecule is CNc1c(-c2ccnc(NC3CCC(NS(C)(=O)=O)CC3)n2)cnn1C. The molecule has 0 atom stereocenters. The average molecular weight is 379 g/mol. The molecule has 1 aliphatic carbocycles. The normalized spacial score (nSPS) is 20.7. The van der Waals surface area contributed by atoms with Gasteiger partial charge in [-0.2, -0.15) is 5.10 Å². The lowest BCUT2D eigenvalue weighted by Crippen LogP contribution is -2.39. The van der Waals surface area contributed by atoms with Crippen LogP contribution in [0.25, 0.3) is 11.3 Å². The number of aryl methyl sites for hydroxylation is 1. The molecule has 1 fully saturated rings. The fourth-order valence-electron chi connectivity index (χ4n) is 3.34. The Morgan fingerprint density at radius 2 is 1.88 bits per heavy atom. The van der Waals surface area contributed by atoms with Crippen molar-refractivity contribution in [3.8, 4) is 11.3 Å². The highest BCUT2D eigenvalue weighted by molar-refractivity contribution is 7.88. The molecular weight excluding hydrogens is 354 g/mol. The van der Waals surface area contributed by atoms with Crippen LogP contribution < -0.4 is 15.4 Å². The summed E-state index contributed by atoms with van der Waals surface area (Å²) in [5.41, 5.74) is 1.72. The van der Waals surface area contributed by atoms with Crippen LogP contribution in [-0.2, 0) is 17.1 Å². The van der Waals surface area contributed by atoms with Gasteiger partial charge in [-0.1, -0.05) is 0 Å². The molecule has 142 valence electrons. The smallest absolute Gasteiger partial charge is 0.223 e. The second kappa shape index (κ2) is 7.58. The number of sulfonamides is 1. The predicted octanol–water partition coefficient (Wildman–Crippen LogP) is 1.19. The zero-order chi connectivity index (χ0) is 18.7. The summed E-state index contributed by atoms with van der Waals surface area (Å²) < 4.78 is 27.1. The molecular formula is C16H25N7O2S. The van der Waals surface area contributed by atoms with Gasteiger partial charge in [-0.15, -0.1) is 0 Å². The zero-order valence-corrected chi connectivity index (χ0v) is 16.0. The van der Waals surface area contributed by atoms with Gasteiger partial charge < -0.3 is 10.6 Å². The van der Waals surface area contributed by atoms with E-state index in [-0.39, 0.29) is 12.1 Å². The fourth-order valence-corrected chi connectivity index (χ4v) is 4.18. The van der Waals surface area contributed by atoms with Crippen molar-refractivity contribution in [1.29, 1.82) is 0 Å². The number of rotatable bonds is 6. The minimum absolute atomic E-state index is 0.0175. The minimum atomic E-state index is -3.15. The highest BCUT2D eigenvalue weighted by atomic mass is 32.2. The Balaban J connectivity index is 1.65. The summed E-state index contributed by atoms with van der Waals surface area (Å²) in [4.78, 5) is 8.93. The molecule has 2 heterocycles. The maximum Gasteiger partial charge on any atom is 0.223 e. The standard InChI is InChI=1S/C16H25N7O2S/c1-17-15-13(10-19-23(15)2)14-8-9-18-16(21-14)20-11-4-6-12(7-5-11)22-26(3,24)25/h8-12,17,22H,4-7H2,1-3H3,(H,18,20,21). The summed E-state index contributed by atoms with van der Waals surface area (Å²) in [6, 6.07) is 2.11. The van der Waals surface area contributed by atoms with Crippen molar-refractivity contribution >= 4 is 21.8 Å². The number of aromatic nitrogens is 4. The maximum atomic E-state index is 11.3. The Labute approximate surface area is 153 Å². The highest BCUT2D eigenvalue weighted by Gasteiger charge is 2.23. The van der Waals surface area contributed by atoms with Crippen molar-refractivity contribution in [3.05, 3.63) is 18.5 Å². The summed E-state index contributed by atoms with van der Waals surface area (Å²) in [5.74, 6) is 1.47. The van der Waals surface area contributed by atoms with Gasteiger partial charge in [0.1, 0.15) is 5.82 Å². The quantitative estimate of drug-likeness (QED) is 0.691. The van der Waals surface area contributed by atoms with Crippen molar-refractivity contribution in [3.63, 3.8) is 0 Å². The van der Waals surface area contributed by atoms with E-state index in [1.54, 1.807) is 17.1 Å². The van der Waals surface area contributed by atoms with Crippen LogP contribution >= 0.6 is 0 Å². The van der Waals surface area contributed by atoms with E-state index in [0.29, 0.717) is 5.95 Å². The number of nitrogens with one attached hydrogen (secondary N) is 3. The van der Waals surface area contributed by atoms with E-state index in [1.165, 1.54) is 6.26 Å². The molecule has 0 unspecified atom stereocenters. The molecule has 0 amide bonds. The van der Waals surface area contributed by atoms with E-state index in [9.17, 15) is 8.42 Å². The Hall–Kier alpha value is -2.20. The predicted molar refractivity (Wildman–Crippen MR) is 101 cm³/mol. The first-order valence-corrected chi connectivity index (χ1v) is 10.5. The van der Waals surface area contributed by atoms with E-state index >= 15 is 0 Å². The van der Waals surface area contributed by atoms with Crippen LogP contribution in [0.2, 0.25) is 0 Å². The van der Waals surface area contributed by atoms with Gasteiger partial charge in [-0.25, -0.2) is 23.1 Å². The molecule has 26 heavy (non-hydrogen) atoms. The van der Waals surface area contributed by atoms with Gasteiger partial charge in [0.25, 0.3) is 0 Å². The van der Waals surface area contributed by atoms with Gasteiger partial charge in [-0.05, 0) is 31.7 Å². The maximum absolute atomic E-state index is 11.3. The first-order valence-electron chi connectivity index (χ1n) is 8.62. The van der Waals surface area contributed by atoms with E-state index in [0.717, 1.165) is 42.8 Å². The largest absolute Gasteiger partial charge is 0.373 e. The topological polar surface area (TPSA) is 114 Å². The average Bonchev–Trinajstić information content (AvgIpc) is 2.96. The number of anilines is 2. The third-order valence-corrected chi connectivity index (χ3v) is 5.31. The van der Waals surface area contributed by atoms with Gasteiger partial charge in [0.2, 0.25) is 16.0 Å². The van der Waals surface area contributed by atoms with Crippen molar-refractivity contribution in [2.75, 3.05) is 23.9 Å². The molecule has 0 saturated heterocycles. The van der Waals surface area contributed by atoms with E-state index in [4.69, 9.17) is 0 Å². The lowest BCUT2D eigenvalue weighted by Gasteiger charge is -2.29. The monoisotopic (exact) mass is 379 g/mol. The lowest BCUT2D eigenvalue weighted by atomic mass is 9.92. The molecule has 0 bridgehead atoms. The number of hydrogen-bond donors (Lipinski definition) is 3. The number of nitrogens with zero attached hydrogens (tertiary/aromatic N) is 4. The molecule has 3 rings (SSSR count). The van der Waals surface area contributed by atoms with Gasteiger partial charge in [0.15, 0.2) is 0 Å². The molecule has 2 aromatic heterocycles. The third-order valence-electron chi connectivity index (χ3n) is 4.55. The summed E-state index contributed by atoms with van der Waals surface area (Å²) in [7, 11) is 0.575. The second-order valence-electron chi connectivity index (χ2n) is 6.63. The van der Waals surface area contributed by atoms with Crippen LogP contribution in [0.15, 0.2) is 18.5 Å². The minimum Gasteiger partial charge on any atom is -0.373 e. The van der Waals surface area contributed by atoms with Crippen LogP contribution in [0.4, 0.5) is 11.8 Å². The molecule has 1 saturated carbocycles. The van der Waals surface area contributed by atoms with Crippen LogP contribution in [0.5, 0.6) is 0 Å². The Kier molecular flexibility index (Phi) is 5.42. The first kappa shape index (κ1) is 18.6. The third kappa shape index (κ3) is 4.50. The lowest BCUT2D eigenvalue weighted by molar-refractivity contribution is 0.387. The summed E-state index contributed by atoms with van der Waals surface area (Å²) in [6.07, 6.45) is 8.06. The first-order chi connectivity index (χ1) is 12.4. The molecule has 2 aromatic rings. The van der Waals surface area contributed by atoms with Crippen molar-refractivity contribution in [1.82, 2.24) is 24.5 Å². The Morgan fingerprint density at radius 3 is 2.54 bits per heavy atom. The molecule has 0 aliphatic heterocycles. The van der Waals surface area contributed by atoms with Gasteiger partial charge in [0, 0.05) is 32.4 Å². The number of hydrogen-bond acceptors (Lipinski definition) is 7. The van der Waals surface area contributed by atoms with Crippen molar-refractivity contribution < 1.29 is 8.42 Å². The van der Waals surface area contributed by atoms with Crippen molar-refractivity contribution in [2.24, 2.45) is 7.05 Å².